The molecule has 0 radical (unpaired) electrons. The Labute approximate surface area is 105 Å². The first-order chi connectivity index (χ1) is 8.56. The van der Waals surface area contributed by atoms with Gasteiger partial charge in [0.15, 0.2) is 5.15 Å². The minimum absolute atomic E-state index is 0.00168. The van der Waals surface area contributed by atoms with Gasteiger partial charge in [-0.3, -0.25) is 9.78 Å². The molecule has 2 aromatic rings. The quantitative estimate of drug-likeness (QED) is 0.787. The molecule has 5 nitrogen and oxygen atoms in total. The Balaban J connectivity index is 2.90. The molecule has 2 rings (SSSR count). The van der Waals surface area contributed by atoms with Gasteiger partial charge >= 0.3 is 5.69 Å². The largest absolute Gasteiger partial charge is 0.334 e. The predicted molar refractivity (Wildman–Crippen MR) is 62.3 cm³/mol. The zero-order chi connectivity index (χ0) is 13.3. The zero-order valence-electron chi connectivity index (χ0n) is 8.78. The van der Waals surface area contributed by atoms with E-state index in [-0.39, 0.29) is 11.3 Å². The summed E-state index contributed by atoms with van der Waals surface area (Å²) in [6.45, 7) is 0. The lowest BCUT2D eigenvalue weighted by atomic mass is 10.2. The van der Waals surface area contributed by atoms with Crippen molar-refractivity contribution in [3.05, 3.63) is 61.6 Å². The number of hydrogen-bond acceptors (Lipinski definition) is 3. The summed E-state index contributed by atoms with van der Waals surface area (Å²) in [5.74, 6) is -1.27. The highest BCUT2D eigenvalue weighted by molar-refractivity contribution is 6.29. The van der Waals surface area contributed by atoms with Crippen LogP contribution in [0.4, 0.5) is 4.39 Å². The summed E-state index contributed by atoms with van der Waals surface area (Å²) >= 11 is 5.34. The summed E-state index contributed by atoms with van der Waals surface area (Å²) in [4.78, 5) is 25.3. The fourth-order valence-electron chi connectivity index (χ4n) is 1.47. The van der Waals surface area contributed by atoms with E-state index >= 15 is 0 Å². The van der Waals surface area contributed by atoms with Crippen molar-refractivity contribution in [3.63, 3.8) is 0 Å². The standard InChI is InChI=1S/C11H5ClFN3O2/c12-9-8(13)10(17)16(11(18)15-9)7-4-2-1-3-6(7)5-14/h1-4H,(H,15,18). The van der Waals surface area contributed by atoms with Crippen LogP contribution in [0.25, 0.3) is 5.69 Å². The van der Waals surface area contributed by atoms with E-state index in [0.717, 1.165) is 0 Å². The van der Waals surface area contributed by atoms with Crippen molar-refractivity contribution in [2.75, 3.05) is 0 Å². The molecule has 0 aliphatic carbocycles. The molecule has 0 fully saturated rings. The molecule has 0 amide bonds. The number of benzene rings is 1. The Hall–Kier alpha value is -2.39. The van der Waals surface area contributed by atoms with E-state index in [1.165, 1.54) is 18.2 Å². The number of para-hydroxylation sites is 1. The number of aromatic nitrogens is 2. The second kappa shape index (κ2) is 4.47. The van der Waals surface area contributed by atoms with Crippen LogP contribution in [0.2, 0.25) is 5.15 Å². The van der Waals surface area contributed by atoms with E-state index in [1.807, 2.05) is 11.1 Å². The van der Waals surface area contributed by atoms with Gasteiger partial charge in [0.25, 0.3) is 5.56 Å². The van der Waals surface area contributed by atoms with Gasteiger partial charge in [0.05, 0.1) is 11.3 Å². The van der Waals surface area contributed by atoms with Gasteiger partial charge in [-0.25, -0.2) is 9.36 Å². The van der Waals surface area contributed by atoms with Gasteiger partial charge in [0.2, 0.25) is 5.82 Å². The molecule has 1 N–H and O–H groups in total. The summed E-state index contributed by atoms with van der Waals surface area (Å²) in [6.07, 6.45) is 0. The lowest BCUT2D eigenvalue weighted by Gasteiger charge is -2.06. The second-order valence-electron chi connectivity index (χ2n) is 3.33. The SMILES string of the molecule is N#Cc1ccccc1-n1c(=O)[nH]c(Cl)c(F)c1=O. The molecule has 0 atom stereocenters. The highest BCUT2D eigenvalue weighted by Gasteiger charge is 2.15. The smallest absolute Gasteiger partial charge is 0.295 e. The predicted octanol–water partition coefficient (Wildman–Crippen LogP) is 1.19. The van der Waals surface area contributed by atoms with Gasteiger partial charge in [0.1, 0.15) is 6.07 Å². The van der Waals surface area contributed by atoms with Crippen LogP contribution in [0.5, 0.6) is 0 Å². The molecular formula is C11H5ClFN3O2. The number of halogens is 2. The summed E-state index contributed by atoms with van der Waals surface area (Å²) in [5, 5.41) is 8.23. The van der Waals surface area contributed by atoms with Gasteiger partial charge in [-0.2, -0.15) is 9.65 Å². The van der Waals surface area contributed by atoms with Crippen LogP contribution >= 0.6 is 11.6 Å². The molecule has 0 spiro atoms. The first kappa shape index (κ1) is 12.1. The lowest BCUT2D eigenvalue weighted by Crippen LogP contribution is -2.36. The minimum Gasteiger partial charge on any atom is -0.295 e. The number of nitrogens with one attached hydrogen (secondary N) is 1. The number of nitriles is 1. The Kier molecular flexibility index (Phi) is 3.00. The molecule has 0 saturated carbocycles. The topological polar surface area (TPSA) is 78.7 Å². The monoisotopic (exact) mass is 265 g/mol. The van der Waals surface area contributed by atoms with Gasteiger partial charge in [-0.1, -0.05) is 23.7 Å². The fraction of sp³-hybridized carbons (Fsp3) is 0. The summed E-state index contributed by atoms with van der Waals surface area (Å²) in [7, 11) is 0. The molecule has 0 bridgehead atoms. The molecule has 0 aliphatic heterocycles. The van der Waals surface area contributed by atoms with Crippen LogP contribution in [0.1, 0.15) is 5.56 Å². The molecule has 0 unspecified atom stereocenters. The lowest BCUT2D eigenvalue weighted by molar-refractivity contribution is 0.584. The number of nitrogens with zero attached hydrogens (tertiary/aromatic N) is 2. The zero-order valence-corrected chi connectivity index (χ0v) is 9.53. The fourth-order valence-corrected chi connectivity index (χ4v) is 1.63. The molecule has 18 heavy (non-hydrogen) atoms. The number of aromatic amines is 1. The van der Waals surface area contributed by atoms with E-state index in [9.17, 15) is 14.0 Å². The Morgan fingerprint density at radius 2 is 2.00 bits per heavy atom. The van der Waals surface area contributed by atoms with E-state index < -0.39 is 22.2 Å². The van der Waals surface area contributed by atoms with E-state index in [4.69, 9.17) is 16.9 Å². The van der Waals surface area contributed by atoms with Gasteiger partial charge in [-0.15, -0.1) is 0 Å². The Morgan fingerprint density at radius 3 is 2.67 bits per heavy atom. The van der Waals surface area contributed by atoms with Crippen LogP contribution in [0.3, 0.4) is 0 Å². The van der Waals surface area contributed by atoms with E-state index in [2.05, 4.69) is 0 Å². The molecule has 0 saturated heterocycles. The van der Waals surface area contributed by atoms with E-state index in [0.29, 0.717) is 4.57 Å². The minimum atomic E-state index is -1.27. The summed E-state index contributed by atoms with van der Waals surface area (Å²) in [5.41, 5.74) is -2.03. The number of H-pyrrole nitrogens is 1. The van der Waals surface area contributed by atoms with Crippen LogP contribution < -0.4 is 11.2 Å². The van der Waals surface area contributed by atoms with Crippen molar-refractivity contribution in [3.8, 4) is 11.8 Å². The second-order valence-corrected chi connectivity index (χ2v) is 3.71. The molecule has 7 heteroatoms. The number of rotatable bonds is 1. The van der Waals surface area contributed by atoms with Gasteiger partial charge in [-0.05, 0) is 12.1 Å². The van der Waals surface area contributed by atoms with Gasteiger partial charge in [0, 0.05) is 0 Å². The van der Waals surface area contributed by atoms with Crippen LogP contribution in [-0.2, 0) is 0 Å². The molecule has 1 aromatic carbocycles. The molecular weight excluding hydrogens is 261 g/mol. The first-order valence-electron chi connectivity index (χ1n) is 4.76. The van der Waals surface area contributed by atoms with E-state index in [1.54, 1.807) is 6.07 Å². The maximum Gasteiger partial charge on any atom is 0.334 e. The Morgan fingerprint density at radius 1 is 1.33 bits per heavy atom. The maximum atomic E-state index is 13.4. The molecule has 90 valence electrons. The summed E-state index contributed by atoms with van der Waals surface area (Å²) < 4.78 is 13.9. The highest BCUT2D eigenvalue weighted by atomic mass is 35.5. The number of hydrogen-bond donors (Lipinski definition) is 1. The maximum absolute atomic E-state index is 13.4. The summed E-state index contributed by atoms with van der Waals surface area (Å²) in [6, 6.07) is 7.67. The van der Waals surface area contributed by atoms with Gasteiger partial charge < -0.3 is 0 Å². The Bertz CT molecular complexity index is 773. The van der Waals surface area contributed by atoms with Crippen molar-refractivity contribution in [2.45, 2.75) is 0 Å². The molecule has 0 aliphatic rings. The average Bonchev–Trinajstić information content (AvgIpc) is 2.37. The van der Waals surface area contributed by atoms with Crippen LogP contribution in [-0.4, -0.2) is 9.55 Å². The van der Waals surface area contributed by atoms with Crippen molar-refractivity contribution >= 4 is 11.6 Å². The normalized spacial score (nSPS) is 10.1. The van der Waals surface area contributed by atoms with Crippen molar-refractivity contribution in [1.29, 1.82) is 5.26 Å². The van der Waals surface area contributed by atoms with Crippen molar-refractivity contribution in [1.82, 2.24) is 9.55 Å². The third kappa shape index (κ3) is 1.81. The average molecular weight is 266 g/mol. The molecule has 1 aromatic heterocycles. The van der Waals surface area contributed by atoms with Crippen LogP contribution in [0, 0.1) is 17.1 Å². The van der Waals surface area contributed by atoms with Crippen molar-refractivity contribution in [2.24, 2.45) is 0 Å². The third-order valence-corrected chi connectivity index (χ3v) is 2.53. The first-order valence-corrected chi connectivity index (χ1v) is 5.14. The molecule has 1 heterocycles. The van der Waals surface area contributed by atoms with Crippen molar-refractivity contribution < 1.29 is 4.39 Å². The highest BCUT2D eigenvalue weighted by Crippen LogP contribution is 2.11. The third-order valence-electron chi connectivity index (χ3n) is 2.27. The van der Waals surface area contributed by atoms with Crippen LogP contribution in [0.15, 0.2) is 33.9 Å².